The Kier molecular flexibility index (Phi) is 6.96. The van der Waals surface area contributed by atoms with Crippen LogP contribution in [0.5, 0.6) is 11.5 Å². The van der Waals surface area contributed by atoms with E-state index in [1.54, 1.807) is 9.80 Å². The molecule has 11 heteroatoms. The molecule has 1 aromatic carbocycles. The molecule has 2 aromatic rings. The number of anilines is 1. The second-order valence-corrected chi connectivity index (χ2v) is 9.60. The van der Waals surface area contributed by atoms with Gasteiger partial charge in [0.2, 0.25) is 5.91 Å². The number of amides is 2. The number of phenolic OH excluding ortho intramolecular Hbond substituents is 1. The summed E-state index contributed by atoms with van der Waals surface area (Å²) in [7, 11) is 0. The lowest BCUT2D eigenvalue weighted by Crippen LogP contribution is -2.57. The highest BCUT2D eigenvalue weighted by Crippen LogP contribution is 2.46. The van der Waals surface area contributed by atoms with Crippen molar-refractivity contribution in [1.29, 1.82) is 0 Å². The summed E-state index contributed by atoms with van der Waals surface area (Å²) in [6, 6.07) is 3.44. The Labute approximate surface area is 219 Å². The highest BCUT2D eigenvalue weighted by molar-refractivity contribution is 6.35. The van der Waals surface area contributed by atoms with Crippen LogP contribution in [0.2, 0.25) is 5.02 Å². The third-order valence-corrected chi connectivity index (χ3v) is 7.49. The third kappa shape index (κ3) is 4.38. The highest BCUT2D eigenvalue weighted by Gasteiger charge is 2.41. The van der Waals surface area contributed by atoms with E-state index in [1.165, 1.54) is 24.3 Å². The molecule has 3 aliphatic heterocycles. The summed E-state index contributed by atoms with van der Waals surface area (Å²) in [5.41, 5.74) is 0.0121. The van der Waals surface area contributed by atoms with Gasteiger partial charge < -0.3 is 29.3 Å². The molecule has 196 valence electrons. The Morgan fingerprint density at radius 2 is 2.08 bits per heavy atom. The number of halogens is 2. The Morgan fingerprint density at radius 1 is 1.27 bits per heavy atom. The molecule has 2 fully saturated rings. The predicted octanol–water partition coefficient (Wildman–Crippen LogP) is 3.09. The third-order valence-electron chi connectivity index (χ3n) is 7.14. The normalized spacial score (nSPS) is 21.6. The Bertz CT molecular complexity index is 1240. The number of pyridine rings is 1. The number of ether oxygens (including phenoxy) is 2. The molecule has 3 aliphatic rings. The van der Waals surface area contributed by atoms with Crippen LogP contribution in [0.25, 0.3) is 11.3 Å². The highest BCUT2D eigenvalue weighted by atomic mass is 35.5. The van der Waals surface area contributed by atoms with Gasteiger partial charge in [0, 0.05) is 26.2 Å². The van der Waals surface area contributed by atoms with Crippen molar-refractivity contribution in [2.24, 2.45) is 0 Å². The maximum atomic E-state index is 15.0. The van der Waals surface area contributed by atoms with Crippen LogP contribution in [-0.2, 0) is 9.53 Å². The van der Waals surface area contributed by atoms with Gasteiger partial charge in [-0.1, -0.05) is 31.2 Å². The van der Waals surface area contributed by atoms with E-state index in [0.717, 1.165) is 6.42 Å². The van der Waals surface area contributed by atoms with Crippen LogP contribution in [0.3, 0.4) is 0 Å². The number of fused-ring (bicyclic) bond motifs is 2. The number of aromatic hydroxyl groups is 1. The van der Waals surface area contributed by atoms with Crippen molar-refractivity contribution in [3.05, 3.63) is 47.3 Å². The van der Waals surface area contributed by atoms with Crippen molar-refractivity contribution in [2.75, 3.05) is 50.9 Å². The summed E-state index contributed by atoms with van der Waals surface area (Å²) < 4.78 is 26.8. The molecule has 2 atom stereocenters. The van der Waals surface area contributed by atoms with E-state index in [9.17, 15) is 19.1 Å². The fourth-order valence-corrected chi connectivity index (χ4v) is 5.45. The predicted molar refractivity (Wildman–Crippen MR) is 136 cm³/mol. The number of hydrogen-bond donors (Lipinski definition) is 1. The number of hydrogen-bond acceptors (Lipinski definition) is 7. The van der Waals surface area contributed by atoms with Crippen molar-refractivity contribution in [3.8, 4) is 22.8 Å². The van der Waals surface area contributed by atoms with Crippen LogP contribution in [0, 0.1) is 5.82 Å². The molecule has 0 spiro atoms. The number of carbonyl (C=O) groups is 2. The largest absolute Gasteiger partial charge is 0.507 e. The smallest absolute Gasteiger partial charge is 0.261 e. The molecule has 0 saturated carbocycles. The quantitative estimate of drug-likeness (QED) is 0.607. The Balaban J connectivity index is 1.68. The first-order valence-electron chi connectivity index (χ1n) is 12.3. The molecule has 9 nitrogen and oxygen atoms in total. The summed E-state index contributed by atoms with van der Waals surface area (Å²) in [4.78, 5) is 36.3. The summed E-state index contributed by atoms with van der Waals surface area (Å²) in [5.74, 6) is -1.17. The lowest BCUT2D eigenvalue weighted by Gasteiger charge is -2.40. The van der Waals surface area contributed by atoms with Crippen LogP contribution < -0.4 is 9.64 Å². The van der Waals surface area contributed by atoms with Gasteiger partial charge >= 0.3 is 0 Å². The van der Waals surface area contributed by atoms with Crippen molar-refractivity contribution in [3.63, 3.8) is 0 Å². The summed E-state index contributed by atoms with van der Waals surface area (Å²) >= 11 is 6.77. The van der Waals surface area contributed by atoms with E-state index < -0.39 is 11.9 Å². The molecule has 4 heterocycles. The number of rotatable bonds is 4. The Morgan fingerprint density at radius 3 is 2.81 bits per heavy atom. The number of aromatic nitrogens is 1. The van der Waals surface area contributed by atoms with E-state index >= 15 is 0 Å². The molecule has 0 unspecified atom stereocenters. The first kappa shape index (κ1) is 25.3. The van der Waals surface area contributed by atoms with Gasteiger partial charge in [-0.2, -0.15) is 0 Å². The fourth-order valence-electron chi connectivity index (χ4n) is 5.17. The maximum Gasteiger partial charge on any atom is 0.261 e. The Hall–Kier alpha value is -3.37. The van der Waals surface area contributed by atoms with Gasteiger partial charge in [0.1, 0.15) is 40.3 Å². The topological polar surface area (TPSA) is 95.4 Å². The van der Waals surface area contributed by atoms with Gasteiger partial charge in [-0.05, 0) is 24.6 Å². The second-order valence-electron chi connectivity index (χ2n) is 9.22. The molecule has 2 amide bonds. The molecule has 37 heavy (non-hydrogen) atoms. The van der Waals surface area contributed by atoms with Crippen molar-refractivity contribution >= 4 is 29.2 Å². The van der Waals surface area contributed by atoms with Crippen LogP contribution >= 0.6 is 11.6 Å². The van der Waals surface area contributed by atoms with Gasteiger partial charge in [0.15, 0.2) is 5.75 Å². The zero-order chi connectivity index (χ0) is 26.3. The van der Waals surface area contributed by atoms with Crippen molar-refractivity contribution < 1.29 is 28.6 Å². The first-order chi connectivity index (χ1) is 17.8. The molecule has 1 N–H and O–H groups in total. The summed E-state index contributed by atoms with van der Waals surface area (Å²) in [5, 5.41) is 10.5. The molecule has 5 rings (SSSR count). The van der Waals surface area contributed by atoms with Gasteiger partial charge in [-0.15, -0.1) is 0 Å². The van der Waals surface area contributed by atoms with E-state index in [-0.39, 0.29) is 64.4 Å². The van der Waals surface area contributed by atoms with Crippen LogP contribution in [0.15, 0.2) is 30.9 Å². The molecule has 0 radical (unpaired) electrons. The summed E-state index contributed by atoms with van der Waals surface area (Å²) in [6.45, 7) is 7.90. The molecule has 1 aromatic heterocycles. The zero-order valence-corrected chi connectivity index (χ0v) is 21.2. The van der Waals surface area contributed by atoms with Gasteiger partial charge in [-0.3, -0.25) is 9.59 Å². The van der Waals surface area contributed by atoms with Gasteiger partial charge in [0.25, 0.3) is 5.91 Å². The standard InChI is InChI=1S/C26H28ClFN4O5/c1-3-15-13-36-11-10-31(15)25-21-24(22(27)23(29-25)20-17(28)6-5-7-18(20)33)37-14-16-12-30(19(34)4-2)8-9-32(16)26(21)35/h4-7,15-16,33H,2-3,8-14H2,1H3/t15-,16+/m0/s1. The molecule has 0 aliphatic carbocycles. The van der Waals surface area contributed by atoms with E-state index in [4.69, 9.17) is 26.1 Å². The molecule has 0 bridgehead atoms. The molecular formula is C26H28ClFN4O5. The minimum absolute atomic E-state index is 0.0107. The number of carbonyl (C=O) groups excluding carboxylic acids is 2. The minimum atomic E-state index is -0.703. The fraction of sp³-hybridized carbons (Fsp3) is 0.423. The van der Waals surface area contributed by atoms with Crippen LogP contribution in [0.4, 0.5) is 10.2 Å². The van der Waals surface area contributed by atoms with E-state index in [2.05, 4.69) is 6.58 Å². The molecule has 2 saturated heterocycles. The van der Waals surface area contributed by atoms with Crippen molar-refractivity contribution in [1.82, 2.24) is 14.8 Å². The minimum Gasteiger partial charge on any atom is -0.507 e. The van der Waals surface area contributed by atoms with Crippen molar-refractivity contribution in [2.45, 2.75) is 25.4 Å². The average Bonchev–Trinajstić information content (AvgIpc) is 3.06. The first-order valence-corrected chi connectivity index (χ1v) is 12.6. The van der Waals surface area contributed by atoms with E-state index in [0.29, 0.717) is 38.7 Å². The second kappa shape index (κ2) is 10.2. The maximum absolute atomic E-state index is 15.0. The number of nitrogens with zero attached hydrogens (tertiary/aromatic N) is 4. The number of morpholine rings is 1. The number of benzene rings is 1. The SMILES string of the molecule is C=CC(=O)N1CCN2C(=O)c3c(N4CCOC[C@@H]4CC)nc(-c4c(O)cccc4F)c(Cl)c3OC[C@H]2C1. The summed E-state index contributed by atoms with van der Waals surface area (Å²) in [6.07, 6.45) is 1.97. The number of phenols is 1. The molecular weight excluding hydrogens is 503 g/mol. The lowest BCUT2D eigenvalue weighted by atomic mass is 10.0. The van der Waals surface area contributed by atoms with Gasteiger partial charge in [0.05, 0.1) is 30.9 Å². The lowest BCUT2D eigenvalue weighted by molar-refractivity contribution is -0.128. The number of piperazine rings is 1. The average molecular weight is 531 g/mol. The van der Waals surface area contributed by atoms with E-state index in [1.807, 2.05) is 11.8 Å². The monoisotopic (exact) mass is 530 g/mol. The van der Waals surface area contributed by atoms with Gasteiger partial charge in [-0.25, -0.2) is 9.37 Å². The van der Waals surface area contributed by atoms with Crippen LogP contribution in [0.1, 0.15) is 23.7 Å². The zero-order valence-electron chi connectivity index (χ0n) is 20.5. The van der Waals surface area contributed by atoms with Crippen LogP contribution in [-0.4, -0.2) is 89.8 Å².